The predicted octanol–water partition coefficient (Wildman–Crippen LogP) is 1.68. The van der Waals surface area contributed by atoms with E-state index in [2.05, 4.69) is 19.2 Å². The van der Waals surface area contributed by atoms with Crippen LogP contribution in [0.15, 0.2) is 0 Å². The van der Waals surface area contributed by atoms with Crippen molar-refractivity contribution in [1.82, 2.24) is 5.32 Å². The lowest BCUT2D eigenvalue weighted by molar-refractivity contribution is -0.124. The topological polar surface area (TPSA) is 64.3 Å². The van der Waals surface area contributed by atoms with E-state index in [1.54, 1.807) is 0 Å². The largest absolute Gasteiger partial charge is 0.378 e. The van der Waals surface area contributed by atoms with E-state index < -0.39 is 0 Å². The Balaban J connectivity index is 2.17. The number of carbonyl (C=O) groups excluding carboxylic acids is 1. The summed E-state index contributed by atoms with van der Waals surface area (Å²) in [7, 11) is 0. The first-order chi connectivity index (χ1) is 8.55. The van der Waals surface area contributed by atoms with Gasteiger partial charge in [0.05, 0.1) is 6.10 Å². The monoisotopic (exact) mass is 256 g/mol. The number of ether oxygens (including phenoxy) is 1. The van der Waals surface area contributed by atoms with E-state index >= 15 is 0 Å². The van der Waals surface area contributed by atoms with E-state index in [9.17, 15) is 4.79 Å². The zero-order chi connectivity index (χ0) is 13.5. The van der Waals surface area contributed by atoms with E-state index in [0.29, 0.717) is 36.9 Å². The van der Waals surface area contributed by atoms with Gasteiger partial charge in [-0.25, -0.2) is 0 Å². The third-order valence-electron chi connectivity index (χ3n) is 3.47. The van der Waals surface area contributed by atoms with Crippen LogP contribution in [0.3, 0.4) is 0 Å². The summed E-state index contributed by atoms with van der Waals surface area (Å²) < 4.78 is 5.47. The van der Waals surface area contributed by atoms with Crippen molar-refractivity contribution >= 4 is 5.91 Å². The quantitative estimate of drug-likeness (QED) is 0.694. The van der Waals surface area contributed by atoms with E-state index in [4.69, 9.17) is 10.5 Å². The molecule has 1 rings (SSSR count). The smallest absolute Gasteiger partial charge is 0.220 e. The van der Waals surface area contributed by atoms with Gasteiger partial charge in [-0.1, -0.05) is 13.8 Å². The summed E-state index contributed by atoms with van der Waals surface area (Å²) in [6.07, 6.45) is 3.84. The van der Waals surface area contributed by atoms with E-state index in [-0.39, 0.29) is 5.91 Å². The van der Waals surface area contributed by atoms with Crippen LogP contribution in [-0.4, -0.2) is 31.2 Å². The normalized spacial score (nSPS) is 24.7. The van der Waals surface area contributed by atoms with Crippen molar-refractivity contribution in [3.8, 4) is 0 Å². The number of hydrogen-bond donors (Lipinski definition) is 2. The SMILES string of the molecule is CCOC1CC(NC(=O)C[C@@H](CN)CC(C)C)C1. The molecule has 0 unspecified atom stereocenters. The van der Waals surface area contributed by atoms with Crippen LogP contribution in [0.4, 0.5) is 0 Å². The van der Waals surface area contributed by atoms with Gasteiger partial charge in [0.2, 0.25) is 5.91 Å². The molecule has 3 N–H and O–H groups in total. The van der Waals surface area contributed by atoms with Crippen LogP contribution in [0.1, 0.15) is 46.5 Å². The van der Waals surface area contributed by atoms with Gasteiger partial charge in [0.1, 0.15) is 0 Å². The molecule has 1 aliphatic carbocycles. The molecule has 0 radical (unpaired) electrons. The first-order valence-electron chi connectivity index (χ1n) is 7.16. The average Bonchev–Trinajstić information content (AvgIpc) is 2.24. The third-order valence-corrected chi connectivity index (χ3v) is 3.47. The van der Waals surface area contributed by atoms with Crippen molar-refractivity contribution in [2.45, 2.75) is 58.6 Å². The summed E-state index contributed by atoms with van der Waals surface area (Å²) in [5.41, 5.74) is 5.71. The summed E-state index contributed by atoms with van der Waals surface area (Å²) in [6.45, 7) is 7.69. The highest BCUT2D eigenvalue weighted by Crippen LogP contribution is 2.23. The summed E-state index contributed by atoms with van der Waals surface area (Å²) in [6, 6.07) is 0.312. The maximum Gasteiger partial charge on any atom is 0.220 e. The van der Waals surface area contributed by atoms with Crippen molar-refractivity contribution in [2.24, 2.45) is 17.6 Å². The van der Waals surface area contributed by atoms with Gasteiger partial charge in [0, 0.05) is 19.1 Å². The van der Waals surface area contributed by atoms with Gasteiger partial charge in [0.15, 0.2) is 0 Å². The third kappa shape index (κ3) is 5.36. The number of nitrogens with two attached hydrogens (primary N) is 1. The number of hydrogen-bond acceptors (Lipinski definition) is 3. The van der Waals surface area contributed by atoms with Crippen molar-refractivity contribution in [1.29, 1.82) is 0 Å². The molecule has 0 spiro atoms. The predicted molar refractivity (Wildman–Crippen MR) is 73.2 cm³/mol. The van der Waals surface area contributed by atoms with Gasteiger partial charge in [-0.05, 0) is 44.6 Å². The van der Waals surface area contributed by atoms with Crippen LogP contribution in [0.2, 0.25) is 0 Å². The molecule has 0 aliphatic heterocycles. The molecular weight excluding hydrogens is 228 g/mol. The molecule has 18 heavy (non-hydrogen) atoms. The lowest BCUT2D eigenvalue weighted by atomic mass is 9.88. The Bertz CT molecular complexity index is 250. The molecule has 1 atom stereocenters. The Morgan fingerprint density at radius 2 is 2.11 bits per heavy atom. The van der Waals surface area contributed by atoms with Gasteiger partial charge in [-0.3, -0.25) is 4.79 Å². The summed E-state index contributed by atoms with van der Waals surface area (Å²) in [4.78, 5) is 11.9. The molecule has 1 fully saturated rings. The lowest BCUT2D eigenvalue weighted by Crippen LogP contribution is -2.48. The van der Waals surface area contributed by atoms with Gasteiger partial charge in [-0.2, -0.15) is 0 Å². The molecule has 1 aliphatic rings. The molecule has 0 aromatic heterocycles. The highest BCUT2D eigenvalue weighted by atomic mass is 16.5. The standard InChI is InChI=1S/C14H28N2O2/c1-4-18-13-7-12(8-13)16-14(17)6-11(9-15)5-10(2)3/h10-13H,4-9,15H2,1-3H3,(H,16,17)/t11-,12?,13?/m0/s1. The maximum absolute atomic E-state index is 11.9. The van der Waals surface area contributed by atoms with Gasteiger partial charge in [0.25, 0.3) is 0 Å². The number of rotatable bonds is 8. The summed E-state index contributed by atoms with van der Waals surface area (Å²) in [5, 5.41) is 3.07. The summed E-state index contributed by atoms with van der Waals surface area (Å²) in [5.74, 6) is 1.05. The van der Waals surface area contributed by atoms with E-state index in [0.717, 1.165) is 25.9 Å². The molecule has 1 saturated carbocycles. The first-order valence-corrected chi connectivity index (χ1v) is 7.16. The molecule has 1 amide bonds. The fourth-order valence-corrected chi connectivity index (χ4v) is 2.53. The van der Waals surface area contributed by atoms with Crippen molar-refractivity contribution in [3.05, 3.63) is 0 Å². The Morgan fingerprint density at radius 3 is 2.61 bits per heavy atom. The molecule has 106 valence electrons. The highest BCUT2D eigenvalue weighted by molar-refractivity contribution is 5.76. The van der Waals surface area contributed by atoms with Crippen LogP contribution in [0, 0.1) is 11.8 Å². The second-order valence-electron chi connectivity index (χ2n) is 5.75. The molecule has 4 nitrogen and oxygen atoms in total. The van der Waals surface area contributed by atoms with Crippen LogP contribution in [-0.2, 0) is 9.53 Å². The van der Waals surface area contributed by atoms with Crippen molar-refractivity contribution in [2.75, 3.05) is 13.2 Å². The molecule has 0 bridgehead atoms. The van der Waals surface area contributed by atoms with Gasteiger partial charge in [-0.15, -0.1) is 0 Å². The first kappa shape index (κ1) is 15.4. The van der Waals surface area contributed by atoms with Crippen LogP contribution >= 0.6 is 0 Å². The van der Waals surface area contributed by atoms with Gasteiger partial charge >= 0.3 is 0 Å². The average molecular weight is 256 g/mol. The number of amides is 1. The van der Waals surface area contributed by atoms with Crippen molar-refractivity contribution in [3.63, 3.8) is 0 Å². The lowest BCUT2D eigenvalue weighted by Gasteiger charge is -2.35. The second-order valence-corrected chi connectivity index (χ2v) is 5.75. The number of carbonyl (C=O) groups is 1. The van der Waals surface area contributed by atoms with Gasteiger partial charge < -0.3 is 15.8 Å². The zero-order valence-corrected chi connectivity index (χ0v) is 11.9. The highest BCUT2D eigenvalue weighted by Gasteiger charge is 2.30. The minimum Gasteiger partial charge on any atom is -0.378 e. The minimum absolute atomic E-state index is 0.144. The van der Waals surface area contributed by atoms with Crippen molar-refractivity contribution < 1.29 is 9.53 Å². The van der Waals surface area contributed by atoms with E-state index in [1.165, 1.54) is 0 Å². The Labute approximate surface area is 111 Å². The number of nitrogens with one attached hydrogen (secondary N) is 1. The molecule has 4 heteroatoms. The Kier molecular flexibility index (Phi) is 6.65. The molecular formula is C14H28N2O2. The fraction of sp³-hybridized carbons (Fsp3) is 0.929. The second kappa shape index (κ2) is 7.74. The molecule has 0 aromatic carbocycles. The van der Waals surface area contributed by atoms with Crippen LogP contribution in [0.25, 0.3) is 0 Å². The maximum atomic E-state index is 11.9. The molecule has 0 aromatic rings. The van der Waals surface area contributed by atoms with E-state index in [1.807, 2.05) is 6.92 Å². The Hall–Kier alpha value is -0.610. The minimum atomic E-state index is 0.144. The van der Waals surface area contributed by atoms with Crippen LogP contribution in [0.5, 0.6) is 0 Å². The van der Waals surface area contributed by atoms with Crippen LogP contribution < -0.4 is 11.1 Å². The summed E-state index contributed by atoms with van der Waals surface area (Å²) >= 11 is 0. The molecule has 0 saturated heterocycles. The Morgan fingerprint density at radius 1 is 1.44 bits per heavy atom. The fourth-order valence-electron chi connectivity index (χ4n) is 2.53. The zero-order valence-electron chi connectivity index (χ0n) is 11.9. The molecule has 0 heterocycles.